The molecule has 0 spiro atoms. The standard InChI is InChI=1S/C19H29N3O3S/c1-4-5-7-16(3)20-21-19(23)17-8-6-13-22(14-17)26(24,25)18-11-9-15(2)10-12-18/h9-12,17H,4-8,13-14H2,1-3H3,(H,21,23)/b20-16-/t17-/m0/s1. The van der Waals surface area contributed by atoms with Gasteiger partial charge in [0.1, 0.15) is 0 Å². The third-order valence-corrected chi connectivity index (χ3v) is 6.54. The first kappa shape index (κ1) is 20.6. The van der Waals surface area contributed by atoms with E-state index in [9.17, 15) is 13.2 Å². The van der Waals surface area contributed by atoms with E-state index in [-0.39, 0.29) is 23.3 Å². The maximum atomic E-state index is 12.8. The summed E-state index contributed by atoms with van der Waals surface area (Å²) in [5, 5.41) is 4.14. The van der Waals surface area contributed by atoms with Gasteiger partial charge >= 0.3 is 0 Å². The fraction of sp³-hybridized carbons (Fsp3) is 0.579. The normalized spacial score (nSPS) is 19.3. The van der Waals surface area contributed by atoms with Gasteiger partial charge in [0, 0.05) is 18.8 Å². The van der Waals surface area contributed by atoms with Crippen LogP contribution in [-0.4, -0.2) is 37.4 Å². The Bertz CT molecular complexity index is 742. The second-order valence-corrected chi connectivity index (χ2v) is 8.88. The first-order valence-corrected chi connectivity index (χ1v) is 10.7. The van der Waals surface area contributed by atoms with Crippen LogP contribution in [0.2, 0.25) is 0 Å². The number of hydrogen-bond donors (Lipinski definition) is 1. The van der Waals surface area contributed by atoms with E-state index in [0.29, 0.717) is 19.4 Å². The highest BCUT2D eigenvalue weighted by Crippen LogP contribution is 2.24. The zero-order chi connectivity index (χ0) is 19.2. The van der Waals surface area contributed by atoms with Gasteiger partial charge < -0.3 is 0 Å². The first-order valence-electron chi connectivity index (χ1n) is 9.24. The lowest BCUT2D eigenvalue weighted by Crippen LogP contribution is -2.44. The highest BCUT2D eigenvalue weighted by atomic mass is 32.2. The summed E-state index contributed by atoms with van der Waals surface area (Å²) in [5.74, 6) is -0.573. The van der Waals surface area contributed by atoms with Crippen LogP contribution in [0.15, 0.2) is 34.3 Å². The van der Waals surface area contributed by atoms with Crippen molar-refractivity contribution in [3.05, 3.63) is 29.8 Å². The van der Waals surface area contributed by atoms with Crippen LogP contribution in [-0.2, 0) is 14.8 Å². The molecule has 0 aromatic heterocycles. The average Bonchev–Trinajstić information content (AvgIpc) is 2.64. The van der Waals surface area contributed by atoms with Crippen molar-refractivity contribution in [1.82, 2.24) is 9.73 Å². The number of hydrogen-bond acceptors (Lipinski definition) is 4. The molecule has 0 bridgehead atoms. The molecule has 144 valence electrons. The number of rotatable bonds is 7. The molecule has 1 saturated heterocycles. The van der Waals surface area contributed by atoms with Gasteiger partial charge in [-0.3, -0.25) is 4.79 Å². The van der Waals surface area contributed by atoms with E-state index >= 15 is 0 Å². The summed E-state index contributed by atoms with van der Waals surface area (Å²) in [7, 11) is -3.57. The van der Waals surface area contributed by atoms with Gasteiger partial charge in [0.05, 0.1) is 10.8 Å². The zero-order valence-corrected chi connectivity index (χ0v) is 16.7. The number of hydrazone groups is 1. The molecule has 1 amide bonds. The van der Waals surface area contributed by atoms with Crippen LogP contribution in [0, 0.1) is 12.8 Å². The van der Waals surface area contributed by atoms with E-state index in [1.165, 1.54) is 4.31 Å². The molecule has 1 N–H and O–H groups in total. The first-order chi connectivity index (χ1) is 12.3. The Hall–Kier alpha value is -1.73. The molecule has 7 heteroatoms. The topological polar surface area (TPSA) is 78.8 Å². The van der Waals surface area contributed by atoms with Gasteiger partial charge in [0.15, 0.2) is 0 Å². The molecule has 0 saturated carbocycles. The summed E-state index contributed by atoms with van der Waals surface area (Å²) >= 11 is 0. The maximum absolute atomic E-state index is 12.8. The number of benzene rings is 1. The van der Waals surface area contributed by atoms with E-state index in [1.807, 2.05) is 13.8 Å². The van der Waals surface area contributed by atoms with E-state index in [2.05, 4.69) is 17.5 Å². The fourth-order valence-corrected chi connectivity index (χ4v) is 4.49. The minimum absolute atomic E-state index is 0.200. The molecule has 1 atom stereocenters. The van der Waals surface area contributed by atoms with Gasteiger partial charge in [-0.15, -0.1) is 0 Å². The van der Waals surface area contributed by atoms with Gasteiger partial charge in [-0.25, -0.2) is 13.8 Å². The highest BCUT2D eigenvalue weighted by molar-refractivity contribution is 7.89. The lowest BCUT2D eigenvalue weighted by molar-refractivity contribution is -0.126. The van der Waals surface area contributed by atoms with Crippen molar-refractivity contribution in [2.24, 2.45) is 11.0 Å². The predicted octanol–water partition coefficient (Wildman–Crippen LogP) is 3.08. The fourth-order valence-electron chi connectivity index (χ4n) is 2.96. The van der Waals surface area contributed by atoms with Gasteiger partial charge in [-0.05, 0) is 51.7 Å². The smallest absolute Gasteiger partial charge is 0.244 e. The Balaban J connectivity index is 2.02. The van der Waals surface area contributed by atoms with Crippen molar-refractivity contribution in [1.29, 1.82) is 0 Å². The summed E-state index contributed by atoms with van der Waals surface area (Å²) < 4.78 is 27.1. The quantitative estimate of drug-likeness (QED) is 0.584. The summed E-state index contributed by atoms with van der Waals surface area (Å²) in [6, 6.07) is 6.81. The second-order valence-electron chi connectivity index (χ2n) is 6.94. The second kappa shape index (κ2) is 9.28. The minimum Gasteiger partial charge on any atom is -0.273 e. The number of carbonyl (C=O) groups is 1. The molecule has 0 unspecified atom stereocenters. The Morgan fingerprint density at radius 1 is 1.31 bits per heavy atom. The van der Waals surface area contributed by atoms with Gasteiger partial charge in [0.2, 0.25) is 15.9 Å². The number of nitrogens with one attached hydrogen (secondary N) is 1. The monoisotopic (exact) mass is 379 g/mol. The van der Waals surface area contributed by atoms with Crippen LogP contribution in [0.25, 0.3) is 0 Å². The minimum atomic E-state index is -3.57. The molecular formula is C19H29N3O3S. The molecule has 1 aromatic carbocycles. The van der Waals surface area contributed by atoms with E-state index < -0.39 is 10.0 Å². The van der Waals surface area contributed by atoms with Crippen molar-refractivity contribution in [3.63, 3.8) is 0 Å². The molecule has 26 heavy (non-hydrogen) atoms. The molecule has 2 rings (SSSR count). The molecule has 1 heterocycles. The highest BCUT2D eigenvalue weighted by Gasteiger charge is 2.33. The molecular weight excluding hydrogens is 350 g/mol. The van der Waals surface area contributed by atoms with E-state index in [1.54, 1.807) is 24.3 Å². The number of aryl methyl sites for hydroxylation is 1. The third-order valence-electron chi connectivity index (χ3n) is 4.66. The van der Waals surface area contributed by atoms with Gasteiger partial charge in [0.25, 0.3) is 0 Å². The van der Waals surface area contributed by atoms with E-state index in [4.69, 9.17) is 0 Å². The van der Waals surface area contributed by atoms with Crippen LogP contribution in [0.5, 0.6) is 0 Å². The van der Waals surface area contributed by atoms with Crippen molar-refractivity contribution in [2.75, 3.05) is 13.1 Å². The predicted molar refractivity (Wildman–Crippen MR) is 103 cm³/mol. The Kier molecular flexibility index (Phi) is 7.34. The molecule has 0 radical (unpaired) electrons. The maximum Gasteiger partial charge on any atom is 0.244 e. The van der Waals surface area contributed by atoms with Crippen molar-refractivity contribution in [2.45, 2.75) is 57.8 Å². The summed E-state index contributed by atoms with van der Waals surface area (Å²) in [5.41, 5.74) is 4.51. The summed E-state index contributed by atoms with van der Waals surface area (Å²) in [6.07, 6.45) is 4.32. The van der Waals surface area contributed by atoms with Crippen molar-refractivity contribution in [3.8, 4) is 0 Å². The SMILES string of the molecule is CCCC/C(C)=N\NC(=O)[C@H]1CCCN(S(=O)(=O)c2ccc(C)cc2)C1. The van der Waals surface area contributed by atoms with Crippen LogP contribution >= 0.6 is 0 Å². The largest absolute Gasteiger partial charge is 0.273 e. The lowest BCUT2D eigenvalue weighted by atomic mass is 9.99. The number of carbonyl (C=O) groups excluding carboxylic acids is 1. The number of nitrogens with zero attached hydrogens (tertiary/aromatic N) is 2. The number of piperidine rings is 1. The van der Waals surface area contributed by atoms with Crippen molar-refractivity contribution < 1.29 is 13.2 Å². The Morgan fingerprint density at radius 2 is 2.00 bits per heavy atom. The van der Waals surface area contributed by atoms with Crippen LogP contribution < -0.4 is 5.43 Å². The molecule has 0 aliphatic carbocycles. The van der Waals surface area contributed by atoms with Gasteiger partial charge in [-0.2, -0.15) is 9.41 Å². The lowest BCUT2D eigenvalue weighted by Gasteiger charge is -2.30. The van der Waals surface area contributed by atoms with Gasteiger partial charge in [-0.1, -0.05) is 31.0 Å². The summed E-state index contributed by atoms with van der Waals surface area (Å²) in [4.78, 5) is 12.7. The van der Waals surface area contributed by atoms with E-state index in [0.717, 1.165) is 30.5 Å². The number of sulfonamides is 1. The number of unbranched alkanes of at least 4 members (excludes halogenated alkanes) is 1. The van der Waals surface area contributed by atoms with Crippen LogP contribution in [0.1, 0.15) is 51.5 Å². The van der Waals surface area contributed by atoms with Crippen molar-refractivity contribution >= 4 is 21.6 Å². The van der Waals surface area contributed by atoms with Crippen LogP contribution in [0.3, 0.4) is 0 Å². The zero-order valence-electron chi connectivity index (χ0n) is 15.9. The summed E-state index contributed by atoms with van der Waals surface area (Å²) in [6.45, 7) is 6.56. The van der Waals surface area contributed by atoms with Crippen LogP contribution in [0.4, 0.5) is 0 Å². The third kappa shape index (κ3) is 5.38. The molecule has 6 nitrogen and oxygen atoms in total. The molecule has 1 aromatic rings. The Morgan fingerprint density at radius 3 is 2.65 bits per heavy atom. The molecule has 1 aliphatic rings. The molecule has 1 fully saturated rings. The average molecular weight is 380 g/mol. The molecule has 1 aliphatic heterocycles. The number of amides is 1. The Labute approximate surface area is 156 Å².